The molecule has 4 N–H and O–H groups in total. The van der Waals surface area contributed by atoms with E-state index in [4.69, 9.17) is 5.14 Å². The Morgan fingerprint density at radius 1 is 1.23 bits per heavy atom. The number of primary sulfonamides is 1. The van der Waals surface area contributed by atoms with Crippen molar-refractivity contribution in [2.24, 2.45) is 5.14 Å². The zero-order chi connectivity index (χ0) is 16.3. The van der Waals surface area contributed by atoms with Crippen LogP contribution in [0.4, 0.5) is 0 Å². The number of nitrogens with two attached hydrogens (primary N) is 1. The fourth-order valence-corrected chi connectivity index (χ4v) is 2.29. The first-order valence-corrected chi connectivity index (χ1v) is 7.81. The molecule has 2 rings (SSSR count). The molecular formula is C13H14N4O4S. The van der Waals surface area contributed by atoms with Gasteiger partial charge in [-0.1, -0.05) is 12.1 Å². The molecule has 1 amide bonds. The van der Waals surface area contributed by atoms with Gasteiger partial charge in [0.1, 0.15) is 5.69 Å². The first-order chi connectivity index (χ1) is 10.3. The molecule has 0 aliphatic carbocycles. The predicted molar refractivity (Wildman–Crippen MR) is 78.6 cm³/mol. The largest absolute Gasteiger partial charge is 0.344 e. The van der Waals surface area contributed by atoms with Gasteiger partial charge in [0.25, 0.3) is 11.5 Å². The van der Waals surface area contributed by atoms with Crippen LogP contribution < -0.4 is 16.0 Å². The third-order valence-electron chi connectivity index (χ3n) is 2.97. The van der Waals surface area contributed by atoms with Crippen molar-refractivity contribution in [3.05, 3.63) is 58.0 Å². The number of H-pyrrole nitrogens is 1. The Morgan fingerprint density at radius 2 is 1.86 bits per heavy atom. The fraction of sp³-hybridized carbons (Fsp3) is 0.154. The summed E-state index contributed by atoms with van der Waals surface area (Å²) in [5.74, 6) is -0.459. The van der Waals surface area contributed by atoms with Gasteiger partial charge < -0.3 is 5.32 Å². The van der Waals surface area contributed by atoms with E-state index in [9.17, 15) is 18.0 Å². The molecule has 1 atom stereocenters. The topological polar surface area (TPSA) is 135 Å². The van der Waals surface area contributed by atoms with Crippen molar-refractivity contribution in [2.75, 3.05) is 0 Å². The smallest absolute Gasteiger partial charge is 0.272 e. The van der Waals surface area contributed by atoms with E-state index in [1.165, 1.54) is 24.3 Å². The molecule has 0 spiro atoms. The van der Waals surface area contributed by atoms with Gasteiger partial charge in [-0.15, -0.1) is 0 Å². The van der Waals surface area contributed by atoms with E-state index < -0.39 is 21.5 Å². The maximum absolute atomic E-state index is 12.0. The Labute approximate surface area is 126 Å². The van der Waals surface area contributed by atoms with Crippen LogP contribution in [0.5, 0.6) is 0 Å². The van der Waals surface area contributed by atoms with Crippen molar-refractivity contribution in [1.82, 2.24) is 15.5 Å². The Morgan fingerprint density at radius 3 is 2.36 bits per heavy atom. The number of benzene rings is 1. The minimum atomic E-state index is -3.75. The van der Waals surface area contributed by atoms with Crippen molar-refractivity contribution in [2.45, 2.75) is 17.9 Å². The average Bonchev–Trinajstić information content (AvgIpc) is 2.47. The molecule has 0 saturated carbocycles. The van der Waals surface area contributed by atoms with Gasteiger partial charge in [0.2, 0.25) is 10.0 Å². The molecule has 1 aromatic heterocycles. The Bertz CT molecular complexity index is 823. The normalized spacial score (nSPS) is 12.6. The molecule has 1 heterocycles. The number of nitrogens with zero attached hydrogens (tertiary/aromatic N) is 1. The number of sulfonamides is 1. The fourth-order valence-electron chi connectivity index (χ4n) is 1.77. The second-order valence-corrected chi connectivity index (χ2v) is 6.18. The number of carbonyl (C=O) groups excluding carboxylic acids is 1. The lowest BCUT2D eigenvalue weighted by Gasteiger charge is -2.14. The number of rotatable bonds is 4. The van der Waals surface area contributed by atoms with E-state index in [0.717, 1.165) is 0 Å². The highest BCUT2D eigenvalue weighted by atomic mass is 32.2. The van der Waals surface area contributed by atoms with E-state index in [-0.39, 0.29) is 16.6 Å². The molecule has 8 nitrogen and oxygen atoms in total. The summed E-state index contributed by atoms with van der Waals surface area (Å²) in [6, 6.07) is 7.99. The van der Waals surface area contributed by atoms with Crippen LogP contribution in [-0.2, 0) is 10.0 Å². The number of aromatic amines is 1. The predicted octanol–water partition coefficient (Wildman–Crippen LogP) is -0.0917. The van der Waals surface area contributed by atoms with Crippen LogP contribution in [0.15, 0.2) is 46.1 Å². The monoisotopic (exact) mass is 322 g/mol. The molecule has 22 heavy (non-hydrogen) atoms. The molecular weight excluding hydrogens is 308 g/mol. The van der Waals surface area contributed by atoms with Crippen LogP contribution in [0.1, 0.15) is 29.0 Å². The molecule has 116 valence electrons. The number of hydrogen-bond donors (Lipinski definition) is 3. The van der Waals surface area contributed by atoms with Crippen LogP contribution in [-0.4, -0.2) is 24.5 Å². The summed E-state index contributed by atoms with van der Waals surface area (Å²) in [6.45, 7) is 1.73. The molecule has 0 fully saturated rings. The molecule has 0 aliphatic rings. The quantitative estimate of drug-likeness (QED) is 0.723. The number of carbonyl (C=O) groups is 1. The van der Waals surface area contributed by atoms with Gasteiger partial charge >= 0.3 is 0 Å². The van der Waals surface area contributed by atoms with E-state index in [1.807, 2.05) is 0 Å². The maximum Gasteiger partial charge on any atom is 0.272 e. The molecule has 0 saturated heterocycles. The minimum Gasteiger partial charge on any atom is -0.344 e. The summed E-state index contributed by atoms with van der Waals surface area (Å²) in [4.78, 5) is 22.8. The summed E-state index contributed by atoms with van der Waals surface area (Å²) in [6.07, 6.45) is 0. The average molecular weight is 322 g/mol. The summed E-state index contributed by atoms with van der Waals surface area (Å²) < 4.78 is 22.4. The van der Waals surface area contributed by atoms with Crippen LogP contribution in [0.25, 0.3) is 0 Å². The molecule has 2 aromatic rings. The van der Waals surface area contributed by atoms with E-state index >= 15 is 0 Å². The highest BCUT2D eigenvalue weighted by Crippen LogP contribution is 2.15. The minimum absolute atomic E-state index is 0.00271. The first-order valence-electron chi connectivity index (χ1n) is 6.27. The second kappa shape index (κ2) is 6.08. The Balaban J connectivity index is 2.11. The maximum atomic E-state index is 12.0. The summed E-state index contributed by atoms with van der Waals surface area (Å²) in [5, 5.41) is 13.5. The summed E-state index contributed by atoms with van der Waals surface area (Å²) in [7, 11) is -3.75. The zero-order valence-electron chi connectivity index (χ0n) is 11.6. The summed E-state index contributed by atoms with van der Waals surface area (Å²) >= 11 is 0. The highest BCUT2D eigenvalue weighted by molar-refractivity contribution is 7.89. The van der Waals surface area contributed by atoms with E-state index in [1.54, 1.807) is 19.1 Å². The Hall–Kier alpha value is -2.52. The van der Waals surface area contributed by atoms with Crippen molar-refractivity contribution in [3.8, 4) is 0 Å². The molecule has 1 unspecified atom stereocenters. The molecule has 0 aliphatic heterocycles. The molecule has 1 aromatic carbocycles. The number of nitrogens with one attached hydrogen (secondary N) is 2. The van der Waals surface area contributed by atoms with Crippen molar-refractivity contribution >= 4 is 15.9 Å². The third-order valence-corrected chi connectivity index (χ3v) is 3.90. The molecule has 9 heteroatoms. The number of hydrogen-bond acceptors (Lipinski definition) is 5. The van der Waals surface area contributed by atoms with Gasteiger partial charge in [-0.3, -0.25) is 9.59 Å². The lowest BCUT2D eigenvalue weighted by atomic mass is 10.1. The van der Waals surface area contributed by atoms with Gasteiger partial charge in [-0.25, -0.2) is 18.7 Å². The lowest BCUT2D eigenvalue weighted by Crippen LogP contribution is -2.28. The van der Waals surface area contributed by atoms with Gasteiger partial charge in [-0.2, -0.15) is 5.10 Å². The number of amides is 1. The standard InChI is InChI=1S/C13H14N4O4S/c1-8(9-2-4-10(5-3-9)22(14,20)21)15-13(19)11-6-7-12(18)17-16-11/h2-8H,1H3,(H,15,19)(H,17,18)(H2,14,20,21). The van der Waals surface area contributed by atoms with E-state index in [0.29, 0.717) is 5.56 Å². The summed E-state index contributed by atoms with van der Waals surface area (Å²) in [5.41, 5.74) is 0.376. The molecule has 0 radical (unpaired) electrons. The van der Waals surface area contributed by atoms with Gasteiger partial charge in [-0.05, 0) is 30.7 Å². The van der Waals surface area contributed by atoms with Crippen LogP contribution >= 0.6 is 0 Å². The van der Waals surface area contributed by atoms with Gasteiger partial charge in [0.05, 0.1) is 10.9 Å². The van der Waals surface area contributed by atoms with Crippen molar-refractivity contribution in [3.63, 3.8) is 0 Å². The Kier molecular flexibility index (Phi) is 4.38. The van der Waals surface area contributed by atoms with Crippen molar-refractivity contribution in [1.29, 1.82) is 0 Å². The van der Waals surface area contributed by atoms with Crippen LogP contribution in [0.2, 0.25) is 0 Å². The zero-order valence-corrected chi connectivity index (χ0v) is 12.4. The van der Waals surface area contributed by atoms with Gasteiger partial charge in [0.15, 0.2) is 0 Å². The molecule has 0 bridgehead atoms. The first kappa shape index (κ1) is 15.9. The van der Waals surface area contributed by atoms with Crippen molar-refractivity contribution < 1.29 is 13.2 Å². The SMILES string of the molecule is CC(NC(=O)c1ccc(=O)[nH]n1)c1ccc(S(N)(=O)=O)cc1. The third kappa shape index (κ3) is 3.77. The van der Waals surface area contributed by atoms with Crippen LogP contribution in [0, 0.1) is 0 Å². The van der Waals surface area contributed by atoms with Gasteiger partial charge in [0, 0.05) is 6.07 Å². The lowest BCUT2D eigenvalue weighted by molar-refractivity contribution is 0.0933. The van der Waals surface area contributed by atoms with Crippen LogP contribution in [0.3, 0.4) is 0 Å². The highest BCUT2D eigenvalue weighted by Gasteiger charge is 2.14. The van der Waals surface area contributed by atoms with E-state index in [2.05, 4.69) is 15.5 Å². The second-order valence-electron chi connectivity index (χ2n) is 4.62. The number of aromatic nitrogens is 2.